The lowest BCUT2D eigenvalue weighted by molar-refractivity contribution is -0.385. The van der Waals surface area contributed by atoms with Crippen LogP contribution in [-0.2, 0) is 0 Å². The summed E-state index contributed by atoms with van der Waals surface area (Å²) in [5.74, 6) is 0.171. The van der Waals surface area contributed by atoms with Crippen molar-refractivity contribution in [3.05, 3.63) is 86.9 Å². The number of aromatic nitrogens is 1. The van der Waals surface area contributed by atoms with Crippen LogP contribution in [0.5, 0.6) is 0 Å². The van der Waals surface area contributed by atoms with E-state index in [1.165, 1.54) is 23.8 Å². The fraction of sp³-hybridized carbons (Fsp3) is 0.167. The van der Waals surface area contributed by atoms with Crippen LogP contribution in [0.3, 0.4) is 0 Å². The third-order valence-electron chi connectivity index (χ3n) is 5.40. The second-order valence-corrected chi connectivity index (χ2v) is 7.89. The van der Waals surface area contributed by atoms with Crippen LogP contribution in [0.15, 0.2) is 65.1 Å². The van der Waals surface area contributed by atoms with E-state index in [0.717, 1.165) is 11.9 Å². The summed E-state index contributed by atoms with van der Waals surface area (Å²) in [5, 5.41) is 14.2. The van der Waals surface area contributed by atoms with Crippen molar-refractivity contribution < 1.29 is 14.1 Å². The van der Waals surface area contributed by atoms with Gasteiger partial charge in [0.2, 0.25) is 5.89 Å². The molecule has 7 nitrogen and oxygen atoms in total. The summed E-state index contributed by atoms with van der Waals surface area (Å²) < 4.78 is 5.90. The first kappa shape index (κ1) is 21.5. The van der Waals surface area contributed by atoms with Crippen LogP contribution >= 0.6 is 11.6 Å². The second-order valence-electron chi connectivity index (χ2n) is 7.48. The Hall–Kier alpha value is -3.71. The highest BCUT2D eigenvalue weighted by molar-refractivity contribution is 6.34. The van der Waals surface area contributed by atoms with Crippen LogP contribution in [-0.4, -0.2) is 15.8 Å². The number of para-hydroxylation sites is 1. The van der Waals surface area contributed by atoms with Crippen LogP contribution in [0.4, 0.5) is 11.4 Å². The van der Waals surface area contributed by atoms with Gasteiger partial charge < -0.3 is 9.73 Å². The summed E-state index contributed by atoms with van der Waals surface area (Å²) in [7, 11) is 0. The number of nitro benzene ring substituents is 1. The van der Waals surface area contributed by atoms with E-state index in [4.69, 9.17) is 16.0 Å². The molecule has 4 aromatic rings. The Morgan fingerprint density at radius 1 is 1.19 bits per heavy atom. The maximum atomic E-state index is 12.7. The lowest BCUT2D eigenvalue weighted by Gasteiger charge is -2.09. The molecule has 0 aliphatic rings. The minimum Gasteiger partial charge on any atom is -0.436 e. The number of amides is 1. The van der Waals surface area contributed by atoms with Gasteiger partial charge in [-0.3, -0.25) is 14.9 Å². The quantitative estimate of drug-likeness (QED) is 0.257. The summed E-state index contributed by atoms with van der Waals surface area (Å²) >= 11 is 6.27. The van der Waals surface area contributed by atoms with Crippen molar-refractivity contribution >= 4 is 40.0 Å². The molecule has 0 spiro atoms. The van der Waals surface area contributed by atoms with E-state index in [0.29, 0.717) is 28.6 Å². The maximum absolute atomic E-state index is 12.7. The smallest absolute Gasteiger partial charge is 0.282 e. The monoisotopic (exact) mass is 449 g/mol. The Morgan fingerprint density at radius 3 is 2.72 bits per heavy atom. The maximum Gasteiger partial charge on any atom is 0.282 e. The zero-order valence-electron chi connectivity index (χ0n) is 17.5. The van der Waals surface area contributed by atoms with Gasteiger partial charge in [0, 0.05) is 11.6 Å². The molecule has 0 aliphatic heterocycles. The molecule has 8 heteroatoms. The summed E-state index contributed by atoms with van der Waals surface area (Å²) in [4.78, 5) is 27.9. The number of nitro groups is 1. The van der Waals surface area contributed by atoms with Gasteiger partial charge >= 0.3 is 0 Å². The number of oxazole rings is 1. The summed E-state index contributed by atoms with van der Waals surface area (Å²) in [6, 6.07) is 16.7. The number of hydrogen-bond donors (Lipinski definition) is 1. The Labute approximate surface area is 189 Å². The van der Waals surface area contributed by atoms with Crippen LogP contribution in [0.1, 0.15) is 42.1 Å². The molecule has 32 heavy (non-hydrogen) atoms. The van der Waals surface area contributed by atoms with E-state index in [1.54, 1.807) is 24.3 Å². The molecule has 162 valence electrons. The SMILES string of the molecule is CC[C@H](C)c1ccc2oc(-c3ccc(Cl)c(NC(=O)c4ccccc4[N+](=O)[O-])c3)nc2c1. The molecule has 0 saturated carbocycles. The normalized spacial score (nSPS) is 12.0. The molecule has 0 radical (unpaired) electrons. The van der Waals surface area contributed by atoms with Gasteiger partial charge in [0.1, 0.15) is 11.1 Å². The van der Waals surface area contributed by atoms with Gasteiger partial charge in [-0.2, -0.15) is 0 Å². The standard InChI is InChI=1S/C24H20ClN3O4/c1-3-14(2)15-9-11-22-20(12-15)27-24(32-22)16-8-10-18(25)19(13-16)26-23(29)17-6-4-5-7-21(17)28(30)31/h4-14H,3H2,1-2H3,(H,26,29)/t14-/m0/s1. The van der Waals surface area contributed by atoms with E-state index in [-0.39, 0.29) is 16.3 Å². The first-order valence-electron chi connectivity index (χ1n) is 10.1. The molecule has 0 bridgehead atoms. The Balaban J connectivity index is 1.66. The van der Waals surface area contributed by atoms with Crippen molar-refractivity contribution in [2.75, 3.05) is 5.32 Å². The molecule has 1 heterocycles. The van der Waals surface area contributed by atoms with Gasteiger partial charge in [-0.25, -0.2) is 4.98 Å². The average molecular weight is 450 g/mol. The van der Waals surface area contributed by atoms with Crippen molar-refractivity contribution in [1.82, 2.24) is 4.98 Å². The van der Waals surface area contributed by atoms with Crippen molar-refractivity contribution in [2.24, 2.45) is 0 Å². The van der Waals surface area contributed by atoms with Crippen molar-refractivity contribution in [2.45, 2.75) is 26.2 Å². The van der Waals surface area contributed by atoms with Crippen LogP contribution in [0, 0.1) is 10.1 Å². The number of nitrogens with one attached hydrogen (secondary N) is 1. The molecule has 1 atom stereocenters. The molecule has 3 aromatic carbocycles. The molecular formula is C24H20ClN3O4. The van der Waals surface area contributed by atoms with Crippen LogP contribution in [0.25, 0.3) is 22.6 Å². The van der Waals surface area contributed by atoms with E-state index in [9.17, 15) is 14.9 Å². The van der Waals surface area contributed by atoms with Gasteiger partial charge in [-0.05, 0) is 54.3 Å². The summed E-state index contributed by atoms with van der Waals surface area (Å²) in [5.41, 5.74) is 3.18. The molecule has 0 unspecified atom stereocenters. The third kappa shape index (κ3) is 4.20. The predicted octanol–water partition coefficient (Wildman–Crippen LogP) is 6.82. The lowest BCUT2D eigenvalue weighted by atomic mass is 9.98. The van der Waals surface area contributed by atoms with Crippen molar-refractivity contribution in [3.63, 3.8) is 0 Å². The highest BCUT2D eigenvalue weighted by atomic mass is 35.5. The molecule has 0 saturated heterocycles. The Kier molecular flexibility index (Phi) is 5.92. The number of carbonyl (C=O) groups excluding carboxylic acids is 1. The van der Waals surface area contributed by atoms with Crippen molar-refractivity contribution in [1.29, 1.82) is 0 Å². The molecule has 1 amide bonds. The van der Waals surface area contributed by atoms with Crippen LogP contribution in [0.2, 0.25) is 5.02 Å². The largest absolute Gasteiger partial charge is 0.436 e. The third-order valence-corrected chi connectivity index (χ3v) is 5.73. The first-order valence-corrected chi connectivity index (χ1v) is 10.5. The zero-order valence-corrected chi connectivity index (χ0v) is 18.2. The number of anilines is 1. The molecule has 0 fully saturated rings. The molecule has 1 N–H and O–H groups in total. The number of hydrogen-bond acceptors (Lipinski definition) is 5. The van der Waals surface area contributed by atoms with Crippen molar-refractivity contribution in [3.8, 4) is 11.5 Å². The van der Waals surface area contributed by atoms with Gasteiger partial charge in [0.05, 0.1) is 15.6 Å². The predicted molar refractivity (Wildman–Crippen MR) is 124 cm³/mol. The zero-order chi connectivity index (χ0) is 22.8. The molecule has 0 aliphatic carbocycles. The van der Waals surface area contributed by atoms with Gasteiger partial charge in [0.25, 0.3) is 11.6 Å². The van der Waals surface area contributed by atoms with E-state index in [2.05, 4.69) is 24.1 Å². The Morgan fingerprint density at radius 2 is 1.97 bits per heavy atom. The van der Waals surface area contributed by atoms with Gasteiger partial charge in [0.15, 0.2) is 5.58 Å². The number of nitrogens with zero attached hydrogens (tertiary/aromatic N) is 2. The summed E-state index contributed by atoms with van der Waals surface area (Å²) in [6.45, 7) is 4.30. The number of halogens is 1. The Bertz CT molecular complexity index is 1330. The number of fused-ring (bicyclic) bond motifs is 1. The fourth-order valence-corrected chi connectivity index (χ4v) is 3.54. The topological polar surface area (TPSA) is 98.3 Å². The van der Waals surface area contributed by atoms with E-state index >= 15 is 0 Å². The number of benzene rings is 3. The van der Waals surface area contributed by atoms with Gasteiger partial charge in [-0.1, -0.05) is 43.6 Å². The molecule has 4 rings (SSSR count). The number of carbonyl (C=O) groups is 1. The minimum absolute atomic E-state index is 0.0570. The van der Waals surface area contributed by atoms with Crippen LogP contribution < -0.4 is 5.32 Å². The molecule has 1 aromatic heterocycles. The fourth-order valence-electron chi connectivity index (χ4n) is 3.38. The van der Waals surface area contributed by atoms with Gasteiger partial charge in [-0.15, -0.1) is 0 Å². The van der Waals surface area contributed by atoms with E-state index in [1.807, 2.05) is 18.2 Å². The lowest BCUT2D eigenvalue weighted by Crippen LogP contribution is -2.14. The first-order chi connectivity index (χ1) is 15.4. The molecular weight excluding hydrogens is 430 g/mol. The number of rotatable bonds is 6. The van der Waals surface area contributed by atoms with E-state index < -0.39 is 10.8 Å². The summed E-state index contributed by atoms with van der Waals surface area (Å²) in [6.07, 6.45) is 1.02. The average Bonchev–Trinajstić information content (AvgIpc) is 3.23. The minimum atomic E-state index is -0.632. The highest BCUT2D eigenvalue weighted by Gasteiger charge is 2.20. The second kappa shape index (κ2) is 8.80. The highest BCUT2D eigenvalue weighted by Crippen LogP contribution is 2.32.